The molecule has 0 spiro atoms. The van der Waals surface area contributed by atoms with E-state index < -0.39 is 30.2 Å². The van der Waals surface area contributed by atoms with E-state index in [9.17, 15) is 44.3 Å². The van der Waals surface area contributed by atoms with Crippen molar-refractivity contribution < 1.29 is 49.0 Å². The minimum absolute atomic E-state index is 0.273. The Labute approximate surface area is 135 Å². The maximum Gasteiger partial charge on any atom is 0.474 e. The molecule has 1 amide bonds. The molecule has 3 nitrogen and oxygen atoms in total. The SMILES string of the molecule is O=C(Nc1ccc(Br)cc1)OC(F)(F)C(F)(F)C(F)(F)C(F)(F)F. The smallest absolute Gasteiger partial charge is 0.379 e. The zero-order chi connectivity index (χ0) is 19.0. The van der Waals surface area contributed by atoms with Crippen LogP contribution in [0.2, 0.25) is 0 Å². The number of carbonyl (C=O) groups is 1. The van der Waals surface area contributed by atoms with Gasteiger partial charge in [0, 0.05) is 10.2 Å². The number of hydrogen-bond donors (Lipinski definition) is 1. The van der Waals surface area contributed by atoms with Crippen molar-refractivity contribution in [3.8, 4) is 0 Å². The van der Waals surface area contributed by atoms with Crippen LogP contribution in [0.5, 0.6) is 0 Å². The first kappa shape index (κ1) is 20.4. The Morgan fingerprint density at radius 2 is 1.33 bits per heavy atom. The number of alkyl halides is 9. The van der Waals surface area contributed by atoms with Crippen molar-refractivity contribution in [1.29, 1.82) is 0 Å². The summed E-state index contributed by atoms with van der Waals surface area (Å²) >= 11 is 2.97. The molecule has 1 aromatic rings. The average Bonchev–Trinajstić information content (AvgIpc) is 2.39. The Hall–Kier alpha value is -1.66. The van der Waals surface area contributed by atoms with Gasteiger partial charge in [0.2, 0.25) is 0 Å². The number of carbonyl (C=O) groups excluding carboxylic acids is 1. The molecule has 0 saturated carbocycles. The van der Waals surface area contributed by atoms with Crippen molar-refractivity contribution >= 4 is 27.7 Å². The highest BCUT2D eigenvalue weighted by molar-refractivity contribution is 9.10. The van der Waals surface area contributed by atoms with E-state index in [1.165, 1.54) is 17.4 Å². The summed E-state index contributed by atoms with van der Waals surface area (Å²) in [4.78, 5) is 11.1. The van der Waals surface area contributed by atoms with Crippen LogP contribution >= 0.6 is 15.9 Å². The molecular weight excluding hydrogens is 429 g/mol. The Morgan fingerprint density at radius 1 is 0.875 bits per heavy atom. The Morgan fingerprint density at radius 3 is 1.75 bits per heavy atom. The standard InChI is InChI=1S/C11H5BrF9NO2/c12-5-1-3-6(4-2-5)22-7(23)24-11(20,21)9(15,16)8(13,14)10(17,18)19/h1-4H,(H,22,23). The van der Waals surface area contributed by atoms with Crippen LogP contribution in [-0.4, -0.2) is 30.2 Å². The molecule has 0 atom stereocenters. The zero-order valence-electron chi connectivity index (χ0n) is 10.9. The van der Waals surface area contributed by atoms with Gasteiger partial charge in [0.05, 0.1) is 0 Å². The van der Waals surface area contributed by atoms with Gasteiger partial charge in [-0.15, -0.1) is 0 Å². The van der Waals surface area contributed by atoms with E-state index in [4.69, 9.17) is 0 Å². The molecule has 0 aliphatic rings. The summed E-state index contributed by atoms with van der Waals surface area (Å²) in [5.41, 5.74) is -0.273. The molecule has 0 radical (unpaired) electrons. The largest absolute Gasteiger partial charge is 0.474 e. The van der Waals surface area contributed by atoms with Gasteiger partial charge in [-0.3, -0.25) is 5.32 Å². The molecule has 1 rings (SSSR count). The summed E-state index contributed by atoms with van der Waals surface area (Å²) < 4.78 is 116. The summed E-state index contributed by atoms with van der Waals surface area (Å²) in [6.07, 6.45) is -15.8. The van der Waals surface area contributed by atoms with Crippen LogP contribution in [0, 0.1) is 0 Å². The third kappa shape index (κ3) is 3.87. The van der Waals surface area contributed by atoms with Gasteiger partial charge in [-0.25, -0.2) is 4.79 Å². The lowest BCUT2D eigenvalue weighted by Crippen LogP contribution is -2.62. The molecule has 1 N–H and O–H groups in total. The van der Waals surface area contributed by atoms with E-state index >= 15 is 0 Å². The molecule has 0 aromatic heterocycles. The molecule has 0 bridgehead atoms. The molecule has 0 aliphatic carbocycles. The average molecular weight is 434 g/mol. The van der Waals surface area contributed by atoms with Crippen LogP contribution in [0.15, 0.2) is 28.7 Å². The predicted molar refractivity (Wildman–Crippen MR) is 65.1 cm³/mol. The lowest BCUT2D eigenvalue weighted by atomic mass is 10.1. The van der Waals surface area contributed by atoms with Gasteiger partial charge in [0.1, 0.15) is 0 Å². The van der Waals surface area contributed by atoms with E-state index in [0.717, 1.165) is 12.1 Å². The molecule has 24 heavy (non-hydrogen) atoms. The first-order valence-corrected chi connectivity index (χ1v) is 6.37. The van der Waals surface area contributed by atoms with Crippen LogP contribution in [0.1, 0.15) is 0 Å². The molecule has 13 heteroatoms. The fraction of sp³-hybridized carbons (Fsp3) is 0.364. The van der Waals surface area contributed by atoms with Gasteiger partial charge in [0.25, 0.3) is 0 Å². The van der Waals surface area contributed by atoms with Gasteiger partial charge in [0.15, 0.2) is 0 Å². The van der Waals surface area contributed by atoms with Crippen LogP contribution in [0.25, 0.3) is 0 Å². The highest BCUT2D eigenvalue weighted by Crippen LogP contribution is 2.53. The van der Waals surface area contributed by atoms with Gasteiger partial charge in [-0.1, -0.05) is 15.9 Å². The lowest BCUT2D eigenvalue weighted by Gasteiger charge is -2.32. The Kier molecular flexibility index (Phi) is 5.38. The summed E-state index contributed by atoms with van der Waals surface area (Å²) in [5.74, 6) is -14.2. The maximum atomic E-state index is 13.0. The van der Waals surface area contributed by atoms with E-state index in [0.29, 0.717) is 4.47 Å². The molecule has 1 aromatic carbocycles. The normalized spacial score (nSPS) is 13.6. The first-order chi connectivity index (χ1) is 10.6. The van der Waals surface area contributed by atoms with Crippen LogP contribution in [0.4, 0.5) is 50.0 Å². The summed E-state index contributed by atoms with van der Waals surface area (Å²) in [5, 5.41) is 1.47. The molecule has 0 aliphatic heterocycles. The number of ether oxygens (including phenoxy) is 1. The lowest BCUT2D eigenvalue weighted by molar-refractivity contribution is -0.432. The highest BCUT2D eigenvalue weighted by Gasteiger charge is 2.84. The van der Waals surface area contributed by atoms with Crippen molar-refractivity contribution in [2.45, 2.75) is 24.1 Å². The number of amides is 1. The number of nitrogens with one attached hydrogen (secondary N) is 1. The first-order valence-electron chi connectivity index (χ1n) is 5.57. The second-order valence-electron chi connectivity index (χ2n) is 4.18. The van der Waals surface area contributed by atoms with E-state index in [1.807, 2.05) is 0 Å². The third-order valence-electron chi connectivity index (χ3n) is 2.43. The highest BCUT2D eigenvalue weighted by atomic mass is 79.9. The summed E-state index contributed by atoms with van der Waals surface area (Å²) in [6.45, 7) is 0. The Bertz CT molecular complexity index is 601. The number of halogens is 10. The maximum absolute atomic E-state index is 13.0. The second-order valence-corrected chi connectivity index (χ2v) is 5.10. The topological polar surface area (TPSA) is 38.3 Å². The van der Waals surface area contributed by atoms with E-state index in [-0.39, 0.29) is 5.69 Å². The van der Waals surface area contributed by atoms with Crippen LogP contribution in [-0.2, 0) is 4.74 Å². The number of rotatable bonds is 4. The van der Waals surface area contributed by atoms with Crippen molar-refractivity contribution in [2.24, 2.45) is 0 Å². The van der Waals surface area contributed by atoms with Gasteiger partial charge in [-0.05, 0) is 24.3 Å². The fourth-order valence-corrected chi connectivity index (χ4v) is 1.48. The second kappa shape index (κ2) is 6.33. The molecule has 0 heterocycles. The fourth-order valence-electron chi connectivity index (χ4n) is 1.22. The van der Waals surface area contributed by atoms with Crippen molar-refractivity contribution in [3.05, 3.63) is 28.7 Å². The molecule has 136 valence electrons. The summed E-state index contributed by atoms with van der Waals surface area (Å²) in [7, 11) is 0. The molecule has 0 unspecified atom stereocenters. The third-order valence-corrected chi connectivity index (χ3v) is 2.96. The number of anilines is 1. The quantitative estimate of drug-likeness (QED) is 0.643. The van der Waals surface area contributed by atoms with Crippen molar-refractivity contribution in [2.75, 3.05) is 5.32 Å². The zero-order valence-corrected chi connectivity index (χ0v) is 12.5. The van der Waals surface area contributed by atoms with Crippen LogP contribution in [0.3, 0.4) is 0 Å². The minimum Gasteiger partial charge on any atom is -0.379 e. The van der Waals surface area contributed by atoms with Crippen molar-refractivity contribution in [1.82, 2.24) is 0 Å². The summed E-state index contributed by atoms with van der Waals surface area (Å²) in [6, 6.07) is 4.71. The van der Waals surface area contributed by atoms with E-state index in [2.05, 4.69) is 20.7 Å². The molecule has 0 fully saturated rings. The minimum atomic E-state index is -7.14. The number of hydrogen-bond acceptors (Lipinski definition) is 2. The molecule has 0 saturated heterocycles. The van der Waals surface area contributed by atoms with Gasteiger partial charge in [-0.2, -0.15) is 39.5 Å². The van der Waals surface area contributed by atoms with Gasteiger partial charge < -0.3 is 4.74 Å². The molecular formula is C11H5BrF9NO2. The number of benzene rings is 1. The van der Waals surface area contributed by atoms with Gasteiger partial charge >= 0.3 is 30.2 Å². The monoisotopic (exact) mass is 433 g/mol. The predicted octanol–water partition coefficient (Wildman–Crippen LogP) is 5.42. The van der Waals surface area contributed by atoms with Crippen LogP contribution < -0.4 is 5.32 Å². The Balaban J connectivity index is 2.94. The van der Waals surface area contributed by atoms with Crippen molar-refractivity contribution in [3.63, 3.8) is 0 Å². The van der Waals surface area contributed by atoms with E-state index in [1.54, 1.807) is 0 Å².